The standard InChI is InChI=1S/C15H21NO2S2/c1-15(2,3)20-11-14(18)16(4)9-13-8-12(10-19-13)6-5-7-17/h8,10,17H,7,9,11H2,1-4H3. The Morgan fingerprint density at radius 3 is 2.80 bits per heavy atom. The highest BCUT2D eigenvalue weighted by Gasteiger charge is 2.16. The number of thioether (sulfide) groups is 1. The van der Waals surface area contributed by atoms with Gasteiger partial charge < -0.3 is 10.0 Å². The van der Waals surface area contributed by atoms with Crippen LogP contribution in [0.4, 0.5) is 0 Å². The molecule has 0 unspecified atom stereocenters. The Morgan fingerprint density at radius 2 is 2.20 bits per heavy atom. The topological polar surface area (TPSA) is 40.5 Å². The SMILES string of the molecule is CN(Cc1cc(C#CCO)cs1)C(=O)CSC(C)(C)C. The van der Waals surface area contributed by atoms with E-state index in [1.54, 1.807) is 28.0 Å². The predicted molar refractivity (Wildman–Crippen MR) is 87.0 cm³/mol. The van der Waals surface area contributed by atoms with Crippen molar-refractivity contribution >= 4 is 29.0 Å². The second kappa shape index (κ2) is 7.72. The summed E-state index contributed by atoms with van der Waals surface area (Å²) in [5.41, 5.74) is 0.893. The van der Waals surface area contributed by atoms with E-state index in [-0.39, 0.29) is 17.3 Å². The lowest BCUT2D eigenvalue weighted by Crippen LogP contribution is -2.28. The summed E-state index contributed by atoms with van der Waals surface area (Å²) >= 11 is 3.24. The van der Waals surface area contributed by atoms with Crippen LogP contribution in [-0.4, -0.2) is 40.1 Å². The summed E-state index contributed by atoms with van der Waals surface area (Å²) in [4.78, 5) is 14.9. The summed E-state index contributed by atoms with van der Waals surface area (Å²) in [6.45, 7) is 6.80. The number of hydrogen-bond donors (Lipinski definition) is 1. The smallest absolute Gasteiger partial charge is 0.232 e. The molecule has 0 aromatic carbocycles. The lowest BCUT2D eigenvalue weighted by Gasteiger charge is -2.20. The second-order valence-corrected chi connectivity index (χ2v) is 8.21. The fourth-order valence-electron chi connectivity index (χ4n) is 1.38. The van der Waals surface area contributed by atoms with Gasteiger partial charge in [0.05, 0.1) is 12.3 Å². The van der Waals surface area contributed by atoms with E-state index < -0.39 is 0 Å². The van der Waals surface area contributed by atoms with E-state index in [1.165, 1.54) is 0 Å². The van der Waals surface area contributed by atoms with Crippen LogP contribution in [0.25, 0.3) is 0 Å². The highest BCUT2D eigenvalue weighted by molar-refractivity contribution is 8.01. The molecule has 0 radical (unpaired) electrons. The van der Waals surface area contributed by atoms with Gasteiger partial charge >= 0.3 is 0 Å². The predicted octanol–water partition coefficient (Wildman–Crippen LogP) is 2.58. The average Bonchev–Trinajstić information content (AvgIpc) is 2.80. The van der Waals surface area contributed by atoms with E-state index in [4.69, 9.17) is 5.11 Å². The first-order valence-corrected chi connectivity index (χ1v) is 8.23. The van der Waals surface area contributed by atoms with Crippen molar-refractivity contribution in [3.8, 4) is 11.8 Å². The van der Waals surface area contributed by atoms with E-state index in [1.807, 2.05) is 18.5 Å². The van der Waals surface area contributed by atoms with Crippen LogP contribution in [0.5, 0.6) is 0 Å². The molecule has 0 saturated heterocycles. The minimum absolute atomic E-state index is 0.104. The van der Waals surface area contributed by atoms with Crippen LogP contribution in [0.2, 0.25) is 0 Å². The molecule has 0 aliphatic rings. The van der Waals surface area contributed by atoms with Crippen LogP contribution in [-0.2, 0) is 11.3 Å². The summed E-state index contributed by atoms with van der Waals surface area (Å²) in [6.07, 6.45) is 0. The average molecular weight is 311 g/mol. The summed E-state index contributed by atoms with van der Waals surface area (Å²) in [6, 6.07) is 1.97. The maximum absolute atomic E-state index is 12.0. The van der Waals surface area contributed by atoms with Gasteiger partial charge in [0.25, 0.3) is 0 Å². The lowest BCUT2D eigenvalue weighted by molar-refractivity contribution is -0.127. The fraction of sp³-hybridized carbons (Fsp3) is 0.533. The quantitative estimate of drug-likeness (QED) is 0.869. The highest BCUT2D eigenvalue weighted by Crippen LogP contribution is 2.23. The largest absolute Gasteiger partial charge is 0.384 e. The molecule has 20 heavy (non-hydrogen) atoms. The molecule has 0 saturated carbocycles. The van der Waals surface area contributed by atoms with Crippen molar-refractivity contribution in [3.63, 3.8) is 0 Å². The molecule has 1 aromatic heterocycles. The number of aliphatic hydroxyl groups excluding tert-OH is 1. The summed E-state index contributed by atoms with van der Waals surface area (Å²) in [5, 5.41) is 10.6. The van der Waals surface area contributed by atoms with Crippen molar-refractivity contribution in [3.05, 3.63) is 21.9 Å². The number of hydrogen-bond acceptors (Lipinski definition) is 4. The molecule has 0 fully saturated rings. The molecule has 1 N–H and O–H groups in total. The van der Waals surface area contributed by atoms with Crippen molar-refractivity contribution in [2.75, 3.05) is 19.4 Å². The van der Waals surface area contributed by atoms with Crippen LogP contribution in [0, 0.1) is 11.8 Å². The zero-order valence-corrected chi connectivity index (χ0v) is 14.0. The summed E-state index contributed by atoms with van der Waals surface area (Å²) in [7, 11) is 1.82. The molecule has 0 spiro atoms. The van der Waals surface area contributed by atoms with E-state index >= 15 is 0 Å². The molecular formula is C15H21NO2S2. The maximum Gasteiger partial charge on any atom is 0.232 e. The van der Waals surface area contributed by atoms with Gasteiger partial charge in [0.2, 0.25) is 5.91 Å². The molecule has 1 heterocycles. The third kappa shape index (κ3) is 6.47. The third-order valence-corrected chi connectivity index (χ3v) is 4.59. The fourth-order valence-corrected chi connectivity index (χ4v) is 3.03. The number of amides is 1. The number of carbonyl (C=O) groups excluding carboxylic acids is 1. The minimum atomic E-state index is -0.131. The molecule has 0 aliphatic carbocycles. The molecule has 0 atom stereocenters. The van der Waals surface area contributed by atoms with Crippen molar-refractivity contribution in [1.29, 1.82) is 0 Å². The summed E-state index contributed by atoms with van der Waals surface area (Å²) < 4.78 is 0.104. The first kappa shape index (κ1) is 17.1. The van der Waals surface area contributed by atoms with Gasteiger partial charge in [-0.3, -0.25) is 4.79 Å². The van der Waals surface area contributed by atoms with E-state index in [0.717, 1.165) is 10.4 Å². The van der Waals surface area contributed by atoms with Gasteiger partial charge in [0.15, 0.2) is 0 Å². The van der Waals surface area contributed by atoms with Crippen LogP contribution in [0.3, 0.4) is 0 Å². The van der Waals surface area contributed by atoms with Gasteiger partial charge in [-0.1, -0.05) is 32.6 Å². The zero-order valence-electron chi connectivity index (χ0n) is 12.4. The van der Waals surface area contributed by atoms with Crippen molar-refractivity contribution in [1.82, 2.24) is 4.90 Å². The number of nitrogens with zero attached hydrogens (tertiary/aromatic N) is 1. The Morgan fingerprint density at radius 1 is 1.50 bits per heavy atom. The van der Waals surface area contributed by atoms with Crippen molar-refractivity contribution < 1.29 is 9.90 Å². The van der Waals surface area contributed by atoms with E-state index in [0.29, 0.717) is 12.3 Å². The Balaban J connectivity index is 2.51. The second-order valence-electron chi connectivity index (χ2n) is 5.41. The van der Waals surface area contributed by atoms with Crippen LogP contribution in [0.1, 0.15) is 31.2 Å². The lowest BCUT2D eigenvalue weighted by atomic mass is 10.3. The zero-order chi connectivity index (χ0) is 15.2. The molecule has 0 bridgehead atoms. The molecule has 0 aliphatic heterocycles. The molecule has 3 nitrogen and oxygen atoms in total. The third-order valence-electron chi connectivity index (χ3n) is 2.41. The Labute approximate surface area is 129 Å². The molecule has 110 valence electrons. The van der Waals surface area contributed by atoms with Crippen molar-refractivity contribution in [2.24, 2.45) is 0 Å². The normalized spacial score (nSPS) is 10.8. The van der Waals surface area contributed by atoms with E-state index in [9.17, 15) is 4.79 Å². The molecular weight excluding hydrogens is 290 g/mol. The first-order chi connectivity index (χ1) is 9.31. The Hall–Kier alpha value is -0.960. The number of thiophene rings is 1. The van der Waals surface area contributed by atoms with Gasteiger partial charge in [-0.2, -0.15) is 0 Å². The van der Waals surface area contributed by atoms with Gasteiger partial charge in [-0.05, 0) is 6.07 Å². The number of aliphatic hydroxyl groups is 1. The van der Waals surface area contributed by atoms with Crippen LogP contribution in [0.15, 0.2) is 11.4 Å². The Bertz CT molecular complexity index is 506. The molecule has 1 amide bonds. The minimum Gasteiger partial charge on any atom is -0.384 e. The maximum atomic E-state index is 12.0. The van der Waals surface area contributed by atoms with Crippen molar-refractivity contribution in [2.45, 2.75) is 32.1 Å². The van der Waals surface area contributed by atoms with Gasteiger partial charge in [-0.15, -0.1) is 23.1 Å². The molecule has 1 rings (SSSR count). The molecule has 5 heteroatoms. The van der Waals surface area contributed by atoms with Crippen LogP contribution >= 0.6 is 23.1 Å². The van der Waals surface area contributed by atoms with Gasteiger partial charge in [0.1, 0.15) is 6.61 Å². The highest BCUT2D eigenvalue weighted by atomic mass is 32.2. The monoisotopic (exact) mass is 311 g/mol. The summed E-state index contributed by atoms with van der Waals surface area (Å²) in [5.74, 6) is 6.13. The van der Waals surface area contributed by atoms with Gasteiger partial charge in [0, 0.05) is 27.6 Å². The first-order valence-electron chi connectivity index (χ1n) is 6.37. The van der Waals surface area contributed by atoms with E-state index in [2.05, 4.69) is 32.6 Å². The molecule has 1 aromatic rings. The number of carbonyl (C=O) groups is 1. The van der Waals surface area contributed by atoms with Crippen LogP contribution < -0.4 is 0 Å². The Kier molecular flexibility index (Phi) is 6.60. The van der Waals surface area contributed by atoms with Gasteiger partial charge in [-0.25, -0.2) is 0 Å². The number of rotatable bonds is 4.